The van der Waals surface area contributed by atoms with Crippen LogP contribution >= 0.6 is 0 Å². The molecule has 0 unspecified atom stereocenters. The van der Waals surface area contributed by atoms with Gasteiger partial charge in [0.2, 0.25) is 0 Å². The van der Waals surface area contributed by atoms with Gasteiger partial charge in [-0.3, -0.25) is 4.79 Å². The third kappa shape index (κ3) is 2.88. The molecule has 0 amide bonds. The van der Waals surface area contributed by atoms with Crippen LogP contribution < -0.4 is 4.74 Å². The second-order valence-electron chi connectivity index (χ2n) is 4.48. The highest BCUT2D eigenvalue weighted by Gasteiger charge is 2.33. The number of carbonyl (C=O) groups excluding carboxylic acids is 1. The van der Waals surface area contributed by atoms with Gasteiger partial charge in [0.25, 0.3) is 0 Å². The van der Waals surface area contributed by atoms with Gasteiger partial charge < -0.3 is 9.47 Å². The van der Waals surface area contributed by atoms with Gasteiger partial charge in [-0.15, -0.1) is 0 Å². The van der Waals surface area contributed by atoms with Crippen molar-refractivity contribution in [3.63, 3.8) is 0 Å². The van der Waals surface area contributed by atoms with E-state index in [9.17, 15) is 10.1 Å². The van der Waals surface area contributed by atoms with Gasteiger partial charge in [-0.2, -0.15) is 5.26 Å². The fourth-order valence-electron chi connectivity index (χ4n) is 1.95. The van der Waals surface area contributed by atoms with Crippen LogP contribution in [0.5, 0.6) is 5.75 Å². The maximum absolute atomic E-state index is 10.7. The van der Waals surface area contributed by atoms with E-state index in [2.05, 4.69) is 6.07 Å². The minimum atomic E-state index is -0.463. The first-order valence-electron chi connectivity index (χ1n) is 5.95. The Kier molecular flexibility index (Phi) is 3.96. The summed E-state index contributed by atoms with van der Waals surface area (Å²) >= 11 is 0. The molecule has 0 bridgehead atoms. The Morgan fingerprint density at radius 3 is 2.89 bits per heavy atom. The molecule has 1 aliphatic heterocycles. The maximum Gasteiger partial charge on any atom is 0.150 e. The predicted molar refractivity (Wildman–Crippen MR) is 65.4 cm³/mol. The molecule has 0 aliphatic carbocycles. The van der Waals surface area contributed by atoms with Crippen LogP contribution in [-0.2, 0) is 4.74 Å². The van der Waals surface area contributed by atoms with Gasteiger partial charge in [-0.1, -0.05) is 12.1 Å². The SMILES string of the molecule is N#CC1(COc2cccc(C=O)c2)CCOCC1. The number of carbonyl (C=O) groups is 1. The van der Waals surface area contributed by atoms with Gasteiger partial charge in [0.15, 0.2) is 0 Å². The van der Waals surface area contributed by atoms with Crippen LogP contribution in [0.2, 0.25) is 0 Å². The van der Waals surface area contributed by atoms with Gasteiger partial charge in [0.05, 0.1) is 11.5 Å². The summed E-state index contributed by atoms with van der Waals surface area (Å²) in [5.74, 6) is 0.626. The highest BCUT2D eigenvalue weighted by Crippen LogP contribution is 2.30. The lowest BCUT2D eigenvalue weighted by Crippen LogP contribution is -2.33. The van der Waals surface area contributed by atoms with E-state index in [1.807, 2.05) is 0 Å². The van der Waals surface area contributed by atoms with Crippen molar-refractivity contribution in [2.75, 3.05) is 19.8 Å². The monoisotopic (exact) mass is 245 g/mol. The Bertz CT molecular complexity index is 458. The van der Waals surface area contributed by atoms with E-state index in [1.54, 1.807) is 24.3 Å². The molecule has 1 aromatic rings. The summed E-state index contributed by atoms with van der Waals surface area (Å²) in [6, 6.07) is 9.29. The van der Waals surface area contributed by atoms with Crippen LogP contribution in [0.15, 0.2) is 24.3 Å². The Hall–Kier alpha value is -1.86. The highest BCUT2D eigenvalue weighted by molar-refractivity contribution is 5.75. The standard InChI is InChI=1S/C14H15NO3/c15-10-14(4-6-17-7-5-14)11-18-13-3-1-2-12(8-13)9-16/h1-3,8-9H,4-7,11H2. The van der Waals surface area contributed by atoms with E-state index >= 15 is 0 Å². The van der Waals surface area contributed by atoms with Crippen LogP contribution in [0.1, 0.15) is 23.2 Å². The fourth-order valence-corrected chi connectivity index (χ4v) is 1.95. The molecule has 0 radical (unpaired) electrons. The van der Waals surface area contributed by atoms with Crippen molar-refractivity contribution >= 4 is 6.29 Å². The zero-order valence-electron chi connectivity index (χ0n) is 10.1. The number of hydrogen-bond donors (Lipinski definition) is 0. The quantitative estimate of drug-likeness (QED) is 0.763. The van der Waals surface area contributed by atoms with Crippen molar-refractivity contribution in [1.29, 1.82) is 5.26 Å². The summed E-state index contributed by atoms with van der Waals surface area (Å²) < 4.78 is 10.9. The van der Waals surface area contributed by atoms with Crippen LogP contribution in [0, 0.1) is 16.7 Å². The summed E-state index contributed by atoms with van der Waals surface area (Å²) in [5.41, 5.74) is 0.112. The second kappa shape index (κ2) is 5.65. The number of nitriles is 1. The molecule has 0 spiro atoms. The maximum atomic E-state index is 10.7. The highest BCUT2D eigenvalue weighted by atomic mass is 16.5. The van der Waals surface area contributed by atoms with Gasteiger partial charge in [-0.25, -0.2) is 0 Å². The number of aldehydes is 1. The molecule has 4 heteroatoms. The van der Waals surface area contributed by atoms with E-state index < -0.39 is 5.41 Å². The normalized spacial score (nSPS) is 17.7. The van der Waals surface area contributed by atoms with Crippen molar-refractivity contribution in [1.82, 2.24) is 0 Å². The third-order valence-electron chi connectivity index (χ3n) is 3.20. The molecule has 4 nitrogen and oxygen atoms in total. The van der Waals surface area contributed by atoms with Crippen molar-refractivity contribution in [3.05, 3.63) is 29.8 Å². The van der Waals surface area contributed by atoms with Crippen molar-refractivity contribution in [2.45, 2.75) is 12.8 Å². The number of benzene rings is 1. The van der Waals surface area contributed by atoms with Crippen LogP contribution in [0.4, 0.5) is 0 Å². The molecule has 1 aliphatic rings. The van der Waals surface area contributed by atoms with Crippen molar-refractivity contribution in [2.24, 2.45) is 5.41 Å². The average molecular weight is 245 g/mol. The lowest BCUT2D eigenvalue weighted by atomic mass is 9.83. The Morgan fingerprint density at radius 1 is 1.44 bits per heavy atom. The smallest absolute Gasteiger partial charge is 0.150 e. The summed E-state index contributed by atoms with van der Waals surface area (Å²) in [4.78, 5) is 10.7. The molecule has 94 valence electrons. The first-order valence-corrected chi connectivity index (χ1v) is 5.95. The predicted octanol–water partition coefficient (Wildman–Crippen LogP) is 2.20. The summed E-state index contributed by atoms with van der Waals surface area (Å²) in [6.07, 6.45) is 2.16. The molecule has 2 rings (SSSR count). The average Bonchev–Trinajstić information content (AvgIpc) is 2.46. The zero-order chi connectivity index (χ0) is 12.8. The molecule has 0 N–H and O–H groups in total. The van der Waals surface area contributed by atoms with Gasteiger partial charge >= 0.3 is 0 Å². The minimum Gasteiger partial charge on any atom is -0.492 e. The Balaban J connectivity index is 2.01. The summed E-state index contributed by atoms with van der Waals surface area (Å²) in [7, 11) is 0. The molecule has 1 aromatic carbocycles. The molecule has 0 atom stereocenters. The van der Waals surface area contributed by atoms with E-state index in [-0.39, 0.29) is 0 Å². The second-order valence-corrected chi connectivity index (χ2v) is 4.48. The summed E-state index contributed by atoms with van der Waals surface area (Å²) in [5, 5.41) is 9.28. The summed E-state index contributed by atoms with van der Waals surface area (Å²) in [6.45, 7) is 1.55. The zero-order valence-corrected chi connectivity index (χ0v) is 10.1. The Labute approximate surface area is 106 Å². The third-order valence-corrected chi connectivity index (χ3v) is 3.20. The lowest BCUT2D eigenvalue weighted by Gasteiger charge is -2.30. The molecular weight excluding hydrogens is 230 g/mol. The van der Waals surface area contributed by atoms with Crippen LogP contribution in [0.25, 0.3) is 0 Å². The van der Waals surface area contributed by atoms with Crippen LogP contribution in [-0.4, -0.2) is 26.1 Å². The Morgan fingerprint density at radius 2 is 2.22 bits per heavy atom. The van der Waals surface area contributed by atoms with Crippen LogP contribution in [0.3, 0.4) is 0 Å². The molecule has 1 heterocycles. The van der Waals surface area contributed by atoms with Crippen molar-refractivity contribution < 1.29 is 14.3 Å². The first kappa shape index (κ1) is 12.6. The minimum absolute atomic E-state index is 0.342. The van der Waals surface area contributed by atoms with E-state index in [0.717, 1.165) is 6.29 Å². The molecule has 0 saturated carbocycles. The van der Waals surface area contributed by atoms with E-state index in [4.69, 9.17) is 9.47 Å². The number of nitrogens with zero attached hydrogens (tertiary/aromatic N) is 1. The molecular formula is C14H15NO3. The molecule has 18 heavy (non-hydrogen) atoms. The molecule has 0 aromatic heterocycles. The van der Waals surface area contributed by atoms with Gasteiger partial charge in [0.1, 0.15) is 18.6 Å². The number of hydrogen-bond acceptors (Lipinski definition) is 4. The van der Waals surface area contributed by atoms with E-state index in [1.165, 1.54) is 0 Å². The first-order chi connectivity index (χ1) is 8.78. The number of rotatable bonds is 4. The topological polar surface area (TPSA) is 59.3 Å². The molecule has 1 saturated heterocycles. The largest absolute Gasteiger partial charge is 0.492 e. The van der Waals surface area contributed by atoms with Gasteiger partial charge in [0, 0.05) is 18.8 Å². The number of ether oxygens (including phenoxy) is 2. The van der Waals surface area contributed by atoms with Gasteiger partial charge in [-0.05, 0) is 25.0 Å². The van der Waals surface area contributed by atoms with E-state index in [0.29, 0.717) is 44.0 Å². The lowest BCUT2D eigenvalue weighted by molar-refractivity contribution is 0.0191. The van der Waals surface area contributed by atoms with Crippen molar-refractivity contribution in [3.8, 4) is 11.8 Å². The molecule has 1 fully saturated rings. The fraction of sp³-hybridized carbons (Fsp3) is 0.429.